The lowest BCUT2D eigenvalue weighted by molar-refractivity contribution is -0.149. The number of hydrogen-bond acceptors (Lipinski definition) is 6. The molecule has 0 aliphatic heterocycles. The summed E-state index contributed by atoms with van der Waals surface area (Å²) in [5.74, 6) is -1.71. The van der Waals surface area contributed by atoms with Crippen LogP contribution in [0.3, 0.4) is 0 Å². The predicted octanol–water partition coefficient (Wildman–Crippen LogP) is 2.29. The molecule has 1 rings (SSSR count). The van der Waals surface area contributed by atoms with Crippen molar-refractivity contribution in [1.29, 1.82) is 0 Å². The Morgan fingerprint density at radius 2 is 1.66 bits per heavy atom. The molecule has 9 nitrogen and oxygen atoms in total. The SMILES string of the molecule is CCCCOC(=O)NC(CC(=O)N[C@H](C(=O)NC)C(C)(C)C)C(=O)OCc1ccccc1. The Morgan fingerprint density at radius 1 is 1.00 bits per heavy atom. The average Bonchev–Trinajstić information content (AvgIpc) is 2.75. The summed E-state index contributed by atoms with van der Waals surface area (Å²) in [7, 11) is 1.48. The van der Waals surface area contributed by atoms with Crippen molar-refractivity contribution in [1.82, 2.24) is 16.0 Å². The molecule has 32 heavy (non-hydrogen) atoms. The summed E-state index contributed by atoms with van der Waals surface area (Å²) in [6, 6.07) is 6.95. The molecule has 0 saturated heterocycles. The second-order valence-electron chi connectivity index (χ2n) is 8.46. The number of carbonyl (C=O) groups excluding carboxylic acids is 4. The fourth-order valence-corrected chi connectivity index (χ4v) is 2.74. The Labute approximate surface area is 189 Å². The van der Waals surface area contributed by atoms with E-state index in [2.05, 4.69) is 16.0 Å². The Bertz CT molecular complexity index is 761. The van der Waals surface area contributed by atoms with Gasteiger partial charge in [-0.3, -0.25) is 9.59 Å². The highest BCUT2D eigenvalue weighted by Gasteiger charge is 2.34. The fraction of sp³-hybridized carbons (Fsp3) is 0.565. The first-order valence-corrected chi connectivity index (χ1v) is 10.7. The largest absolute Gasteiger partial charge is 0.459 e. The molecule has 0 aliphatic carbocycles. The number of esters is 1. The molecule has 2 atom stereocenters. The Kier molecular flexibility index (Phi) is 11.2. The number of likely N-dealkylation sites (N-methyl/N-ethyl adjacent to an activating group) is 1. The average molecular weight is 450 g/mol. The number of alkyl carbamates (subject to hydrolysis) is 1. The van der Waals surface area contributed by atoms with Gasteiger partial charge in [0, 0.05) is 7.05 Å². The molecular weight excluding hydrogens is 414 g/mol. The van der Waals surface area contributed by atoms with Gasteiger partial charge in [-0.15, -0.1) is 0 Å². The molecule has 0 aliphatic rings. The number of hydrogen-bond donors (Lipinski definition) is 3. The summed E-state index contributed by atoms with van der Waals surface area (Å²) in [6.45, 7) is 7.57. The van der Waals surface area contributed by atoms with Gasteiger partial charge in [0.15, 0.2) is 0 Å². The van der Waals surface area contributed by atoms with Crippen LogP contribution in [0.2, 0.25) is 0 Å². The molecule has 0 bridgehead atoms. The molecule has 3 N–H and O–H groups in total. The lowest BCUT2D eigenvalue weighted by Crippen LogP contribution is -2.54. The molecule has 9 heteroatoms. The molecule has 0 radical (unpaired) electrons. The van der Waals surface area contributed by atoms with Gasteiger partial charge < -0.3 is 25.4 Å². The Morgan fingerprint density at radius 3 is 2.22 bits per heavy atom. The first-order valence-electron chi connectivity index (χ1n) is 10.7. The third-order valence-corrected chi connectivity index (χ3v) is 4.60. The van der Waals surface area contributed by atoms with E-state index in [0.29, 0.717) is 6.42 Å². The van der Waals surface area contributed by atoms with Crippen LogP contribution in [0.4, 0.5) is 4.79 Å². The van der Waals surface area contributed by atoms with Gasteiger partial charge in [0.1, 0.15) is 18.7 Å². The van der Waals surface area contributed by atoms with Crippen LogP contribution in [0.1, 0.15) is 52.5 Å². The molecular formula is C23H35N3O6. The maximum absolute atomic E-state index is 12.7. The van der Waals surface area contributed by atoms with E-state index in [1.165, 1.54) is 7.05 Å². The summed E-state index contributed by atoms with van der Waals surface area (Å²) in [4.78, 5) is 49.6. The maximum atomic E-state index is 12.7. The topological polar surface area (TPSA) is 123 Å². The quantitative estimate of drug-likeness (QED) is 0.352. The van der Waals surface area contributed by atoms with Gasteiger partial charge in [-0.25, -0.2) is 9.59 Å². The second-order valence-corrected chi connectivity index (χ2v) is 8.46. The van der Waals surface area contributed by atoms with Crippen LogP contribution in [-0.2, 0) is 30.5 Å². The molecule has 0 aromatic heterocycles. The van der Waals surface area contributed by atoms with Gasteiger partial charge in [-0.1, -0.05) is 64.4 Å². The van der Waals surface area contributed by atoms with Crippen molar-refractivity contribution in [2.45, 2.75) is 65.6 Å². The zero-order valence-electron chi connectivity index (χ0n) is 19.5. The van der Waals surface area contributed by atoms with E-state index in [4.69, 9.17) is 9.47 Å². The minimum Gasteiger partial charge on any atom is -0.459 e. The molecule has 1 aromatic rings. The van der Waals surface area contributed by atoms with Crippen LogP contribution in [-0.4, -0.2) is 49.6 Å². The van der Waals surface area contributed by atoms with Gasteiger partial charge in [0.25, 0.3) is 0 Å². The van der Waals surface area contributed by atoms with Crippen molar-refractivity contribution in [2.75, 3.05) is 13.7 Å². The van der Waals surface area contributed by atoms with Gasteiger partial charge in [-0.2, -0.15) is 0 Å². The van der Waals surface area contributed by atoms with Crippen molar-refractivity contribution in [3.05, 3.63) is 35.9 Å². The first kappa shape index (κ1) is 26.9. The molecule has 0 heterocycles. The highest BCUT2D eigenvalue weighted by atomic mass is 16.6. The van der Waals surface area contributed by atoms with Crippen LogP contribution < -0.4 is 16.0 Å². The van der Waals surface area contributed by atoms with E-state index in [9.17, 15) is 19.2 Å². The van der Waals surface area contributed by atoms with Crippen LogP contribution >= 0.6 is 0 Å². The van der Waals surface area contributed by atoms with Crippen LogP contribution in [0.25, 0.3) is 0 Å². The van der Waals surface area contributed by atoms with E-state index in [-0.39, 0.29) is 19.1 Å². The number of benzene rings is 1. The van der Waals surface area contributed by atoms with Crippen molar-refractivity contribution in [2.24, 2.45) is 5.41 Å². The molecule has 0 spiro atoms. The van der Waals surface area contributed by atoms with Crippen molar-refractivity contribution < 1.29 is 28.7 Å². The van der Waals surface area contributed by atoms with E-state index in [0.717, 1.165) is 12.0 Å². The molecule has 0 fully saturated rings. The Hall–Kier alpha value is -3.10. The normalized spacial score (nSPS) is 12.8. The highest BCUT2D eigenvalue weighted by molar-refractivity contribution is 5.91. The molecule has 0 saturated carbocycles. The van der Waals surface area contributed by atoms with Crippen LogP contribution in [0.5, 0.6) is 0 Å². The monoisotopic (exact) mass is 449 g/mol. The van der Waals surface area contributed by atoms with E-state index in [1.807, 2.05) is 45.9 Å². The zero-order valence-corrected chi connectivity index (χ0v) is 19.5. The predicted molar refractivity (Wildman–Crippen MR) is 119 cm³/mol. The van der Waals surface area contributed by atoms with E-state index >= 15 is 0 Å². The third-order valence-electron chi connectivity index (χ3n) is 4.60. The Balaban J connectivity index is 2.85. The van der Waals surface area contributed by atoms with Gasteiger partial charge >= 0.3 is 12.1 Å². The first-order chi connectivity index (χ1) is 15.1. The number of rotatable bonds is 11. The standard InChI is InChI=1S/C23H35N3O6/c1-6-7-13-31-22(30)25-17(21(29)32-15-16-11-9-8-10-12-16)14-18(27)26-19(20(28)24-5)23(2,3)4/h8-12,17,19H,6-7,13-15H2,1-5H3,(H,24,28)(H,25,30)(H,26,27)/t17?,19-/m1/s1. The molecule has 3 amide bonds. The zero-order chi connectivity index (χ0) is 24.1. The smallest absolute Gasteiger partial charge is 0.407 e. The van der Waals surface area contributed by atoms with Crippen LogP contribution in [0, 0.1) is 5.41 Å². The molecule has 178 valence electrons. The van der Waals surface area contributed by atoms with Crippen molar-refractivity contribution in [3.63, 3.8) is 0 Å². The fourth-order valence-electron chi connectivity index (χ4n) is 2.74. The minimum atomic E-state index is -1.27. The number of ether oxygens (including phenoxy) is 2. The van der Waals surface area contributed by atoms with Gasteiger partial charge in [0.05, 0.1) is 13.0 Å². The van der Waals surface area contributed by atoms with Gasteiger partial charge in [0.2, 0.25) is 11.8 Å². The van der Waals surface area contributed by atoms with Gasteiger partial charge in [-0.05, 0) is 17.4 Å². The van der Waals surface area contributed by atoms with Crippen molar-refractivity contribution >= 4 is 23.9 Å². The third kappa shape index (κ3) is 9.80. The maximum Gasteiger partial charge on any atom is 0.407 e. The minimum absolute atomic E-state index is 0.00673. The second kappa shape index (κ2) is 13.3. The summed E-state index contributed by atoms with van der Waals surface area (Å²) in [5.41, 5.74) is 0.202. The van der Waals surface area contributed by atoms with Crippen molar-refractivity contribution in [3.8, 4) is 0 Å². The lowest BCUT2D eigenvalue weighted by atomic mass is 9.86. The van der Waals surface area contributed by atoms with Crippen LogP contribution in [0.15, 0.2) is 30.3 Å². The number of unbranched alkanes of at least 4 members (excludes halogenated alkanes) is 1. The van der Waals surface area contributed by atoms with E-state index in [1.54, 1.807) is 12.1 Å². The summed E-state index contributed by atoms with van der Waals surface area (Å²) < 4.78 is 10.3. The summed E-state index contributed by atoms with van der Waals surface area (Å²) in [6.07, 6.45) is 0.300. The summed E-state index contributed by atoms with van der Waals surface area (Å²) in [5, 5.41) is 7.56. The number of carbonyl (C=O) groups is 4. The number of amides is 3. The van der Waals surface area contributed by atoms with E-state index < -0.39 is 41.9 Å². The lowest BCUT2D eigenvalue weighted by Gasteiger charge is -2.30. The molecule has 1 aromatic carbocycles. The molecule has 1 unspecified atom stereocenters. The summed E-state index contributed by atoms with van der Waals surface area (Å²) >= 11 is 0. The highest BCUT2D eigenvalue weighted by Crippen LogP contribution is 2.19. The number of nitrogens with one attached hydrogen (secondary N) is 3.